The Morgan fingerprint density at radius 3 is 2.62 bits per heavy atom. The molecule has 0 bridgehead atoms. The minimum atomic E-state index is -1.10. The molecule has 0 saturated heterocycles. The molecule has 0 unspecified atom stereocenters. The summed E-state index contributed by atoms with van der Waals surface area (Å²) in [7, 11) is 0. The molecule has 198 valence electrons. The van der Waals surface area contributed by atoms with E-state index in [1.807, 2.05) is 26.0 Å². The predicted octanol–water partition coefficient (Wildman–Crippen LogP) is 6.46. The summed E-state index contributed by atoms with van der Waals surface area (Å²) in [6.45, 7) is 8.04. The van der Waals surface area contributed by atoms with Crippen molar-refractivity contribution in [3.05, 3.63) is 52.5 Å². The Labute approximate surface area is 221 Å². The van der Waals surface area contributed by atoms with E-state index < -0.39 is 5.60 Å². The van der Waals surface area contributed by atoms with Crippen LogP contribution < -0.4 is 5.32 Å². The van der Waals surface area contributed by atoms with E-state index in [2.05, 4.69) is 22.2 Å². The number of aromatic nitrogens is 3. The Kier molecular flexibility index (Phi) is 8.54. The van der Waals surface area contributed by atoms with Crippen molar-refractivity contribution in [2.24, 2.45) is 11.8 Å². The lowest BCUT2D eigenvalue weighted by Crippen LogP contribution is -2.36. The first kappa shape index (κ1) is 27.1. The molecule has 3 heterocycles. The maximum Gasteiger partial charge on any atom is 0.308 e. The minimum Gasteiger partial charge on any atom is -0.465 e. The van der Waals surface area contributed by atoms with Crippen molar-refractivity contribution in [1.29, 1.82) is 0 Å². The molecule has 1 atom stereocenters. The van der Waals surface area contributed by atoms with Gasteiger partial charge in [-0.15, -0.1) is 11.3 Å². The molecular formula is C28H35FN4O3S. The Morgan fingerprint density at radius 2 is 1.92 bits per heavy atom. The van der Waals surface area contributed by atoms with E-state index in [-0.39, 0.29) is 23.6 Å². The van der Waals surface area contributed by atoms with Crippen LogP contribution in [0.3, 0.4) is 0 Å². The van der Waals surface area contributed by atoms with Gasteiger partial charge in [-0.1, -0.05) is 13.3 Å². The number of unbranched alkanes of at least 4 members (excludes halogenated alkanes) is 1. The number of carbonyl (C=O) groups is 1. The molecular weight excluding hydrogens is 491 g/mol. The fourth-order valence-corrected chi connectivity index (χ4v) is 5.73. The molecule has 3 aromatic heterocycles. The van der Waals surface area contributed by atoms with Crippen molar-refractivity contribution in [1.82, 2.24) is 15.0 Å². The lowest BCUT2D eigenvalue weighted by molar-refractivity contribution is -0.151. The number of aryl methyl sites for hydroxylation is 2. The van der Waals surface area contributed by atoms with E-state index in [9.17, 15) is 14.3 Å². The molecule has 1 fully saturated rings. The van der Waals surface area contributed by atoms with Crippen LogP contribution in [-0.2, 0) is 15.1 Å². The second-order valence-electron chi connectivity index (χ2n) is 10.1. The zero-order chi connectivity index (χ0) is 26.6. The molecule has 0 aromatic carbocycles. The average molecular weight is 527 g/mol. The number of halogens is 1. The van der Waals surface area contributed by atoms with Crippen LogP contribution in [0.25, 0.3) is 10.6 Å². The number of anilines is 2. The highest BCUT2D eigenvalue weighted by molar-refractivity contribution is 7.15. The largest absolute Gasteiger partial charge is 0.465 e. The number of nitrogens with one attached hydrogen (secondary N) is 1. The summed E-state index contributed by atoms with van der Waals surface area (Å²) in [5.74, 6) is 0.580. The predicted molar refractivity (Wildman–Crippen MR) is 143 cm³/mol. The molecule has 3 aromatic rings. The van der Waals surface area contributed by atoms with Crippen LogP contribution in [0, 0.1) is 31.5 Å². The summed E-state index contributed by atoms with van der Waals surface area (Å²) in [5, 5.41) is 15.3. The van der Waals surface area contributed by atoms with E-state index in [1.54, 1.807) is 19.2 Å². The molecule has 7 nitrogen and oxygen atoms in total. The van der Waals surface area contributed by atoms with Crippen molar-refractivity contribution in [2.75, 3.05) is 11.9 Å². The van der Waals surface area contributed by atoms with Gasteiger partial charge in [-0.25, -0.2) is 19.3 Å². The third-order valence-corrected chi connectivity index (χ3v) is 8.31. The van der Waals surface area contributed by atoms with Gasteiger partial charge < -0.3 is 15.2 Å². The average Bonchev–Trinajstić information content (AvgIpc) is 3.38. The maximum atomic E-state index is 13.6. The lowest BCUT2D eigenvalue weighted by Gasteiger charge is -2.36. The molecule has 9 heteroatoms. The van der Waals surface area contributed by atoms with Gasteiger partial charge in [0.25, 0.3) is 0 Å². The van der Waals surface area contributed by atoms with E-state index >= 15 is 0 Å². The van der Waals surface area contributed by atoms with Crippen LogP contribution in [0.5, 0.6) is 0 Å². The van der Waals surface area contributed by atoms with Gasteiger partial charge in [-0.3, -0.25) is 4.79 Å². The fourth-order valence-electron chi connectivity index (χ4n) is 4.72. The number of esters is 1. The number of pyridine rings is 2. The lowest BCUT2D eigenvalue weighted by atomic mass is 9.74. The number of rotatable bonds is 9. The van der Waals surface area contributed by atoms with Gasteiger partial charge in [0, 0.05) is 6.20 Å². The number of carbonyl (C=O) groups excluding carboxylic acids is 1. The van der Waals surface area contributed by atoms with Crippen LogP contribution in [0.2, 0.25) is 0 Å². The Bertz CT molecular complexity index is 1240. The topological polar surface area (TPSA) is 97.2 Å². The van der Waals surface area contributed by atoms with Crippen LogP contribution >= 0.6 is 11.3 Å². The van der Waals surface area contributed by atoms with Gasteiger partial charge >= 0.3 is 5.97 Å². The van der Waals surface area contributed by atoms with Gasteiger partial charge in [0.2, 0.25) is 0 Å². The number of nitrogens with zero attached hydrogens (tertiary/aromatic N) is 3. The fraction of sp³-hybridized carbons (Fsp3) is 0.500. The Morgan fingerprint density at radius 1 is 1.16 bits per heavy atom. The minimum absolute atomic E-state index is 0.0154. The monoisotopic (exact) mass is 526 g/mol. The van der Waals surface area contributed by atoms with Crippen molar-refractivity contribution in [3.8, 4) is 10.6 Å². The molecule has 4 rings (SSSR count). The SMILES string of the molecule is CCCCOC(=O)[C@H]1CC[C@H]([C@](C)(O)c2ncc(-c3cc(C)cc(Nc4cc(C)c(F)cn4)n3)s2)CC1. The van der Waals surface area contributed by atoms with E-state index in [1.165, 1.54) is 17.5 Å². The van der Waals surface area contributed by atoms with Crippen molar-refractivity contribution < 1.29 is 19.0 Å². The zero-order valence-electron chi connectivity index (χ0n) is 21.9. The first-order valence-corrected chi connectivity index (χ1v) is 13.7. The van der Waals surface area contributed by atoms with Gasteiger partial charge in [-0.05, 0) is 88.1 Å². The number of thiazole rings is 1. The summed E-state index contributed by atoms with van der Waals surface area (Å²) in [5.41, 5.74) is 1.14. The second-order valence-corrected chi connectivity index (χ2v) is 11.1. The molecule has 0 spiro atoms. The molecule has 1 aliphatic rings. The smallest absolute Gasteiger partial charge is 0.308 e. The van der Waals surface area contributed by atoms with Gasteiger partial charge in [0.1, 0.15) is 28.1 Å². The van der Waals surface area contributed by atoms with Crippen LogP contribution in [-0.4, -0.2) is 32.6 Å². The molecule has 1 saturated carbocycles. The van der Waals surface area contributed by atoms with Crippen molar-refractivity contribution >= 4 is 28.9 Å². The number of hydrogen-bond donors (Lipinski definition) is 2. The highest BCUT2D eigenvalue weighted by atomic mass is 32.1. The highest BCUT2D eigenvalue weighted by Crippen LogP contribution is 2.43. The molecule has 0 radical (unpaired) electrons. The van der Waals surface area contributed by atoms with E-state index in [4.69, 9.17) is 9.72 Å². The molecule has 0 amide bonds. The highest BCUT2D eigenvalue weighted by Gasteiger charge is 2.40. The first-order valence-electron chi connectivity index (χ1n) is 12.9. The summed E-state index contributed by atoms with van der Waals surface area (Å²) in [6.07, 6.45) is 7.75. The number of aliphatic hydroxyl groups is 1. The Balaban J connectivity index is 1.44. The molecule has 1 aliphatic carbocycles. The molecule has 0 aliphatic heterocycles. The van der Waals surface area contributed by atoms with Gasteiger partial charge in [-0.2, -0.15) is 0 Å². The summed E-state index contributed by atoms with van der Waals surface area (Å²) in [6, 6.07) is 5.50. The summed E-state index contributed by atoms with van der Waals surface area (Å²) < 4.78 is 19.0. The standard InChI is InChI=1S/C28H35FN4O3S/c1-5-6-11-36-26(34)19-7-9-20(10-8-19)28(4,35)27-31-16-23(37-27)22-12-17(2)13-25(32-22)33-24-14-18(3)21(29)15-30-24/h12-16,19-20,35H,5-11H2,1-4H3,(H,30,32,33)/t19-,20-,28-/m0/s1. The third kappa shape index (κ3) is 6.51. The number of hydrogen-bond acceptors (Lipinski definition) is 8. The van der Waals surface area contributed by atoms with Crippen LogP contribution in [0.4, 0.5) is 16.0 Å². The normalized spacial score (nSPS) is 19.3. The first-order chi connectivity index (χ1) is 17.7. The van der Waals surface area contributed by atoms with Crippen molar-refractivity contribution in [3.63, 3.8) is 0 Å². The maximum absolute atomic E-state index is 13.6. The quantitative estimate of drug-likeness (QED) is 0.244. The Hall–Kier alpha value is -2.91. The summed E-state index contributed by atoms with van der Waals surface area (Å²) >= 11 is 1.43. The number of ether oxygens (including phenoxy) is 1. The summed E-state index contributed by atoms with van der Waals surface area (Å²) in [4.78, 5) is 26.6. The zero-order valence-corrected chi connectivity index (χ0v) is 22.7. The third-order valence-electron chi connectivity index (χ3n) is 7.06. The van der Waals surface area contributed by atoms with Gasteiger partial charge in [0.15, 0.2) is 0 Å². The second kappa shape index (κ2) is 11.6. The van der Waals surface area contributed by atoms with E-state index in [0.717, 1.165) is 54.7 Å². The van der Waals surface area contributed by atoms with Crippen LogP contribution in [0.15, 0.2) is 30.6 Å². The van der Waals surface area contributed by atoms with Crippen molar-refractivity contribution in [2.45, 2.75) is 71.8 Å². The van der Waals surface area contributed by atoms with Gasteiger partial charge in [0.05, 0.1) is 29.3 Å². The molecule has 2 N–H and O–H groups in total. The van der Waals surface area contributed by atoms with Crippen LogP contribution in [0.1, 0.15) is 68.5 Å². The van der Waals surface area contributed by atoms with E-state index in [0.29, 0.717) is 28.8 Å². The molecule has 37 heavy (non-hydrogen) atoms.